The maximum Gasteiger partial charge on any atom is 0.490 e. The number of pyridine rings is 2. The molecule has 1 amide bonds. The normalized spacial score (nSPS) is 13.7. The molecule has 2 aliphatic heterocycles. The zero-order valence-corrected chi connectivity index (χ0v) is 32.5. The molecule has 1 saturated heterocycles. The van der Waals surface area contributed by atoms with Crippen molar-refractivity contribution >= 4 is 64.4 Å². The number of carbonyl (C=O) groups is 4. The fraction of sp³-hybridized carbons (Fsp3) is 0.314. The number of fused-ring (bicyclic) bond motifs is 6. The third-order valence-electron chi connectivity index (χ3n) is 7.86. The number of benzene rings is 1. The van der Waals surface area contributed by atoms with Crippen molar-refractivity contribution in [1.29, 1.82) is 0 Å². The van der Waals surface area contributed by atoms with Gasteiger partial charge in [0.15, 0.2) is 12.4 Å². The van der Waals surface area contributed by atoms with E-state index in [1.807, 2.05) is 18.2 Å². The van der Waals surface area contributed by atoms with Crippen molar-refractivity contribution in [3.8, 4) is 5.75 Å². The van der Waals surface area contributed by atoms with Crippen LogP contribution in [0.5, 0.6) is 5.75 Å². The number of hydrogen-bond donors (Lipinski definition) is 5. The highest BCUT2D eigenvalue weighted by Crippen LogP contribution is 2.31. The quantitative estimate of drug-likeness (QED) is 0.128. The minimum Gasteiger partial charge on any atom is -0.483 e. The van der Waals surface area contributed by atoms with Crippen LogP contribution < -0.4 is 20.3 Å². The first-order valence-corrected chi connectivity index (χ1v) is 17.7. The maximum atomic E-state index is 13.1. The second-order valence-electron chi connectivity index (χ2n) is 12.5. The maximum absolute atomic E-state index is 13.1. The number of nitrogens with zero attached hydrogens (tertiary/aromatic N) is 6. The van der Waals surface area contributed by atoms with E-state index in [0.717, 1.165) is 28.6 Å². The van der Waals surface area contributed by atoms with Crippen LogP contribution >= 0.6 is 11.6 Å². The van der Waals surface area contributed by atoms with Crippen LogP contribution in [-0.4, -0.2) is 115 Å². The number of piperazine rings is 1. The molecule has 0 radical (unpaired) electrons. The third kappa shape index (κ3) is 16.4. The third-order valence-corrected chi connectivity index (χ3v) is 8.14. The summed E-state index contributed by atoms with van der Waals surface area (Å²) < 4.78 is 140. The molecule has 6 rings (SSSR count). The van der Waals surface area contributed by atoms with Gasteiger partial charge in [0.2, 0.25) is 5.95 Å². The van der Waals surface area contributed by atoms with Gasteiger partial charge in [0.1, 0.15) is 22.3 Å². The summed E-state index contributed by atoms with van der Waals surface area (Å²) in [7, 11) is 0. The Kier molecular flexibility index (Phi) is 17.3. The first-order chi connectivity index (χ1) is 29.5. The van der Waals surface area contributed by atoms with E-state index in [1.54, 1.807) is 34.3 Å². The lowest BCUT2D eigenvalue weighted by atomic mass is 10.0. The fourth-order valence-corrected chi connectivity index (χ4v) is 5.06. The van der Waals surface area contributed by atoms with Gasteiger partial charge in [-0.1, -0.05) is 17.7 Å². The van der Waals surface area contributed by atoms with E-state index in [4.69, 9.17) is 46.0 Å². The van der Waals surface area contributed by atoms with E-state index < -0.39 is 48.3 Å². The lowest BCUT2D eigenvalue weighted by Crippen LogP contribution is -2.50. The molecule has 0 saturated carbocycles. The van der Waals surface area contributed by atoms with E-state index in [0.29, 0.717) is 61.6 Å². The van der Waals surface area contributed by atoms with E-state index in [2.05, 4.69) is 30.6 Å². The summed E-state index contributed by atoms with van der Waals surface area (Å²) in [5.41, 5.74) is 2.41. The molecule has 29 heteroatoms. The smallest absolute Gasteiger partial charge is 0.483 e. The van der Waals surface area contributed by atoms with Gasteiger partial charge in [-0.3, -0.25) is 9.78 Å². The molecule has 4 aromatic rings. The molecule has 1 aromatic carbocycles. The molecule has 0 spiro atoms. The second kappa shape index (κ2) is 21.5. The van der Waals surface area contributed by atoms with Crippen LogP contribution in [-0.2, 0) is 38.2 Å². The number of alkyl halides is 12. The zero-order valence-electron chi connectivity index (χ0n) is 31.7. The molecule has 348 valence electrons. The first-order valence-electron chi connectivity index (χ1n) is 17.3. The lowest BCUT2D eigenvalue weighted by molar-refractivity contribution is -0.193. The molecule has 0 unspecified atom stereocenters. The van der Waals surface area contributed by atoms with Gasteiger partial charge in [-0.05, 0) is 60.4 Å². The van der Waals surface area contributed by atoms with Crippen LogP contribution in [0.3, 0.4) is 0 Å². The van der Waals surface area contributed by atoms with Crippen molar-refractivity contribution in [2.45, 2.75) is 37.5 Å². The Balaban J connectivity index is 0.000000429. The van der Waals surface area contributed by atoms with E-state index in [-0.39, 0.29) is 18.3 Å². The molecular formula is C35H29ClF12N8O8. The minimum absolute atomic E-state index is 0.177. The Morgan fingerprint density at radius 2 is 1.28 bits per heavy atom. The Labute approximate surface area is 355 Å². The Morgan fingerprint density at radius 1 is 0.703 bits per heavy atom. The van der Waals surface area contributed by atoms with Crippen LogP contribution in [0.4, 0.5) is 81.6 Å². The molecule has 2 aliphatic rings. The number of aryl methyl sites for hydroxylation is 2. The van der Waals surface area contributed by atoms with Crippen LogP contribution in [0.25, 0.3) is 0 Å². The summed E-state index contributed by atoms with van der Waals surface area (Å²) in [5, 5.41) is 28.1. The summed E-state index contributed by atoms with van der Waals surface area (Å²) in [6, 6.07) is 11.3. The Morgan fingerprint density at radius 3 is 1.83 bits per heavy atom. The highest BCUT2D eigenvalue weighted by Gasteiger charge is 2.39. The summed E-state index contributed by atoms with van der Waals surface area (Å²) in [5.74, 6) is -6.88. The molecule has 0 aliphatic carbocycles. The molecule has 6 bridgehead atoms. The number of aromatic nitrogens is 4. The number of nitrogens with one attached hydrogen (secondary N) is 2. The second-order valence-corrected chi connectivity index (χ2v) is 12.9. The van der Waals surface area contributed by atoms with Gasteiger partial charge >= 0.3 is 42.6 Å². The number of aliphatic carboxylic acids is 3. The Hall–Kier alpha value is -6.87. The van der Waals surface area contributed by atoms with Gasteiger partial charge in [-0.25, -0.2) is 24.4 Å². The number of anilines is 5. The minimum atomic E-state index is -5.08. The van der Waals surface area contributed by atoms with Crippen molar-refractivity contribution < 1.29 is 91.9 Å². The summed E-state index contributed by atoms with van der Waals surface area (Å²) in [4.78, 5) is 59.9. The first kappa shape index (κ1) is 51.5. The number of ether oxygens (including phenoxy) is 1. The predicted molar refractivity (Wildman–Crippen MR) is 196 cm³/mol. The molecule has 5 heterocycles. The topological polar surface area (TPSA) is 220 Å². The monoisotopic (exact) mass is 952 g/mol. The van der Waals surface area contributed by atoms with Gasteiger partial charge in [0.25, 0.3) is 5.91 Å². The standard InChI is InChI=1S/C29H26ClF3N8O2.3C2HF3O2/c30-22-16-35-28-37-21-12-18(14-34-15-21)4-5-19-13-20(36-27(22)39-28)6-7-23(19)43-17-26(42)41-10-8-40(9-11-41)25-3-1-2-24(38-25)29(31,32)33;3*3-2(4,5)1(6)7/h1-3,6-7,12-16H,4-5,8-11,17H2,(H2,35,36,37,39);3*(H,6,7). The summed E-state index contributed by atoms with van der Waals surface area (Å²) >= 11 is 6.35. The van der Waals surface area contributed by atoms with Crippen LogP contribution in [0.15, 0.2) is 61.1 Å². The van der Waals surface area contributed by atoms with Crippen molar-refractivity contribution in [3.05, 3.63) is 82.9 Å². The summed E-state index contributed by atoms with van der Waals surface area (Å²) in [6.07, 6.45) is -13.5. The number of hydrogen-bond acceptors (Lipinski definition) is 12. The number of halogens is 13. The van der Waals surface area contributed by atoms with Crippen molar-refractivity contribution in [2.24, 2.45) is 0 Å². The SMILES string of the molecule is O=C(COc1ccc2cc1CCc1cncc(c1)Nc1ncc(Cl)c(n1)N2)N1CCN(c2cccc(C(F)(F)F)n2)CC1.O=C(O)C(F)(F)F.O=C(O)C(F)(F)F.O=C(O)C(F)(F)F. The number of carboxylic acid groups (broad SMARTS) is 3. The number of rotatable bonds is 4. The van der Waals surface area contributed by atoms with Crippen LogP contribution in [0.2, 0.25) is 5.02 Å². The molecular weight excluding hydrogens is 924 g/mol. The van der Waals surface area contributed by atoms with E-state index in [9.17, 15) is 57.5 Å². The van der Waals surface area contributed by atoms with E-state index in [1.165, 1.54) is 12.3 Å². The largest absolute Gasteiger partial charge is 0.490 e. The fourth-order valence-electron chi connectivity index (χ4n) is 4.92. The predicted octanol–water partition coefficient (Wildman–Crippen LogP) is 7.15. The molecule has 64 heavy (non-hydrogen) atoms. The van der Waals surface area contributed by atoms with Crippen molar-refractivity contribution in [1.82, 2.24) is 24.8 Å². The van der Waals surface area contributed by atoms with Gasteiger partial charge in [0.05, 0.1) is 18.1 Å². The zero-order chi connectivity index (χ0) is 48.2. The average molecular weight is 953 g/mol. The van der Waals surface area contributed by atoms with E-state index >= 15 is 0 Å². The van der Waals surface area contributed by atoms with Crippen molar-refractivity contribution in [2.75, 3.05) is 48.3 Å². The lowest BCUT2D eigenvalue weighted by Gasteiger charge is -2.35. The van der Waals surface area contributed by atoms with Crippen molar-refractivity contribution in [3.63, 3.8) is 0 Å². The van der Waals surface area contributed by atoms with Gasteiger partial charge < -0.3 is 40.5 Å². The Bertz CT molecular complexity index is 2220. The number of carboxylic acids is 3. The van der Waals surface area contributed by atoms with Gasteiger partial charge in [-0.2, -0.15) is 57.7 Å². The highest BCUT2D eigenvalue weighted by molar-refractivity contribution is 6.32. The molecule has 1 fully saturated rings. The van der Waals surface area contributed by atoms with Crippen LogP contribution in [0, 0.1) is 0 Å². The molecule has 0 atom stereocenters. The molecule has 3 aromatic heterocycles. The highest BCUT2D eigenvalue weighted by atomic mass is 35.5. The van der Waals surface area contributed by atoms with Crippen LogP contribution in [0.1, 0.15) is 16.8 Å². The summed E-state index contributed by atoms with van der Waals surface area (Å²) in [6.45, 7) is 1.23. The average Bonchev–Trinajstić information content (AvgIpc) is 3.20. The van der Waals surface area contributed by atoms with Gasteiger partial charge in [-0.15, -0.1) is 0 Å². The molecule has 16 nitrogen and oxygen atoms in total. The van der Waals surface area contributed by atoms with Gasteiger partial charge in [0, 0.05) is 38.1 Å². The number of amides is 1. The molecule has 5 N–H and O–H groups in total. The number of carbonyl (C=O) groups excluding carboxylic acids is 1.